The number of rotatable bonds is 2. The molecule has 3 atom stereocenters. The predicted molar refractivity (Wildman–Crippen MR) is 74.7 cm³/mol. The van der Waals surface area contributed by atoms with Crippen molar-refractivity contribution in [2.75, 3.05) is 13.1 Å². The van der Waals surface area contributed by atoms with Gasteiger partial charge >= 0.3 is 5.97 Å². The zero-order valence-electron chi connectivity index (χ0n) is 11.5. The van der Waals surface area contributed by atoms with E-state index in [1.54, 1.807) is 0 Å². The van der Waals surface area contributed by atoms with E-state index in [9.17, 15) is 19.8 Å². The minimum atomic E-state index is -1.06. The van der Waals surface area contributed by atoms with Crippen LogP contribution >= 0.6 is 0 Å². The van der Waals surface area contributed by atoms with Crippen LogP contribution in [0.1, 0.15) is 23.5 Å². The Kier molecular flexibility index (Phi) is 3.65. The number of nitrogens with one attached hydrogen (secondary N) is 1. The van der Waals surface area contributed by atoms with Gasteiger partial charge in [-0.25, -0.2) is 4.79 Å². The lowest BCUT2D eigenvalue weighted by Crippen LogP contribution is -2.46. The van der Waals surface area contributed by atoms with Gasteiger partial charge in [0.25, 0.3) is 0 Å². The summed E-state index contributed by atoms with van der Waals surface area (Å²) in [7, 11) is 0. The molecule has 3 N–H and O–H groups in total. The average Bonchev–Trinajstić information content (AvgIpc) is 2.88. The quantitative estimate of drug-likeness (QED) is 0.709. The average molecular weight is 290 g/mol. The minimum absolute atomic E-state index is 0.0917. The fraction of sp³-hybridized carbons (Fsp3) is 0.467. The van der Waals surface area contributed by atoms with E-state index in [4.69, 9.17) is 0 Å². The Morgan fingerprint density at radius 3 is 2.81 bits per heavy atom. The summed E-state index contributed by atoms with van der Waals surface area (Å²) in [5.41, 5.74) is 2.01. The van der Waals surface area contributed by atoms with Crippen LogP contribution in [0.4, 0.5) is 0 Å². The van der Waals surface area contributed by atoms with Crippen LogP contribution in [0.5, 0.6) is 0 Å². The number of carbonyl (C=O) groups excluding carboxylic acids is 1. The molecule has 112 valence electrons. The van der Waals surface area contributed by atoms with Gasteiger partial charge in [-0.2, -0.15) is 0 Å². The van der Waals surface area contributed by atoms with Crippen molar-refractivity contribution in [3.8, 4) is 0 Å². The zero-order valence-corrected chi connectivity index (χ0v) is 11.5. The lowest BCUT2D eigenvalue weighted by atomic mass is 9.89. The lowest BCUT2D eigenvalue weighted by Gasteiger charge is -2.30. The van der Waals surface area contributed by atoms with Crippen LogP contribution in [-0.4, -0.2) is 52.2 Å². The highest BCUT2D eigenvalue weighted by atomic mass is 16.4. The van der Waals surface area contributed by atoms with Gasteiger partial charge in [-0.15, -0.1) is 0 Å². The van der Waals surface area contributed by atoms with Crippen molar-refractivity contribution in [1.82, 2.24) is 10.2 Å². The van der Waals surface area contributed by atoms with Gasteiger partial charge in [-0.05, 0) is 11.1 Å². The Morgan fingerprint density at radius 2 is 2.05 bits per heavy atom. The Morgan fingerprint density at radius 1 is 1.29 bits per heavy atom. The Balaban J connectivity index is 1.87. The van der Waals surface area contributed by atoms with Crippen LogP contribution in [-0.2, 0) is 16.1 Å². The maximum Gasteiger partial charge on any atom is 0.326 e. The van der Waals surface area contributed by atoms with E-state index in [1.807, 2.05) is 24.3 Å². The first-order chi connectivity index (χ1) is 10.1. The fourth-order valence-electron chi connectivity index (χ4n) is 3.21. The summed E-state index contributed by atoms with van der Waals surface area (Å²) in [4.78, 5) is 25.3. The van der Waals surface area contributed by atoms with Gasteiger partial charge in [0, 0.05) is 26.1 Å². The van der Waals surface area contributed by atoms with Gasteiger partial charge in [0.15, 0.2) is 0 Å². The second-order valence-electron chi connectivity index (χ2n) is 5.62. The number of aliphatic hydroxyl groups is 1. The van der Waals surface area contributed by atoms with E-state index in [2.05, 4.69) is 5.32 Å². The monoisotopic (exact) mass is 290 g/mol. The van der Waals surface area contributed by atoms with Gasteiger partial charge in [0.2, 0.25) is 5.91 Å². The summed E-state index contributed by atoms with van der Waals surface area (Å²) in [6.07, 6.45) is -0.662. The van der Waals surface area contributed by atoms with Crippen molar-refractivity contribution in [1.29, 1.82) is 0 Å². The first kappa shape index (κ1) is 14.0. The van der Waals surface area contributed by atoms with E-state index >= 15 is 0 Å². The largest absolute Gasteiger partial charge is 0.480 e. The number of likely N-dealkylation sites (tertiary alicyclic amines) is 1. The molecule has 0 spiro atoms. The minimum Gasteiger partial charge on any atom is -0.480 e. The Bertz CT molecular complexity index is 575. The zero-order chi connectivity index (χ0) is 15.0. The molecule has 2 aliphatic rings. The molecule has 2 aliphatic heterocycles. The van der Waals surface area contributed by atoms with Crippen LogP contribution in [0, 0.1) is 0 Å². The van der Waals surface area contributed by atoms with Gasteiger partial charge < -0.3 is 20.4 Å². The van der Waals surface area contributed by atoms with Gasteiger partial charge in [0.05, 0.1) is 12.0 Å². The van der Waals surface area contributed by atoms with Crippen LogP contribution in [0.15, 0.2) is 24.3 Å². The fourth-order valence-corrected chi connectivity index (χ4v) is 3.21. The van der Waals surface area contributed by atoms with E-state index in [0.717, 1.165) is 11.1 Å². The molecule has 1 saturated heterocycles. The Hall–Kier alpha value is -1.92. The smallest absolute Gasteiger partial charge is 0.326 e. The van der Waals surface area contributed by atoms with E-state index in [-0.39, 0.29) is 24.8 Å². The molecule has 1 unspecified atom stereocenters. The molecule has 0 saturated carbocycles. The maximum atomic E-state index is 12.7. The number of carboxylic acid groups (broad SMARTS) is 1. The number of fused-ring (bicyclic) bond motifs is 1. The van der Waals surface area contributed by atoms with Crippen molar-refractivity contribution >= 4 is 11.9 Å². The predicted octanol–water partition coefficient (Wildman–Crippen LogP) is -0.0802. The number of nitrogens with zero attached hydrogens (tertiary/aromatic N) is 1. The second kappa shape index (κ2) is 5.46. The van der Waals surface area contributed by atoms with Crippen molar-refractivity contribution in [2.45, 2.75) is 31.0 Å². The van der Waals surface area contributed by atoms with Gasteiger partial charge in [-0.1, -0.05) is 24.3 Å². The molecular weight excluding hydrogens is 272 g/mol. The molecule has 2 heterocycles. The standard InChI is InChI=1S/C15H18N2O4/c18-10-5-13(15(20)21)17(8-10)14(19)12-7-16-6-9-3-1-2-4-11(9)12/h1-4,10,12-13,16,18H,5-8H2,(H,20,21)/t10-,12?,13+/m1/s1. The third-order valence-electron chi connectivity index (χ3n) is 4.24. The van der Waals surface area contributed by atoms with Crippen molar-refractivity contribution in [3.63, 3.8) is 0 Å². The van der Waals surface area contributed by atoms with Crippen molar-refractivity contribution in [2.24, 2.45) is 0 Å². The molecule has 1 fully saturated rings. The number of aliphatic carboxylic acids is 1. The first-order valence-electron chi connectivity index (χ1n) is 7.08. The van der Waals surface area contributed by atoms with E-state index < -0.39 is 18.1 Å². The molecule has 1 aromatic carbocycles. The molecular formula is C15H18N2O4. The highest BCUT2D eigenvalue weighted by Crippen LogP contribution is 2.29. The van der Waals surface area contributed by atoms with E-state index in [0.29, 0.717) is 13.1 Å². The molecule has 0 bridgehead atoms. The van der Waals surface area contributed by atoms with Crippen LogP contribution in [0.25, 0.3) is 0 Å². The molecule has 3 rings (SSSR count). The number of amides is 1. The normalized spacial score (nSPS) is 28.2. The summed E-state index contributed by atoms with van der Waals surface area (Å²) in [5.74, 6) is -1.67. The van der Waals surface area contributed by atoms with Crippen LogP contribution < -0.4 is 5.32 Å². The van der Waals surface area contributed by atoms with E-state index in [1.165, 1.54) is 4.90 Å². The highest BCUT2D eigenvalue weighted by Gasteiger charge is 2.42. The molecule has 21 heavy (non-hydrogen) atoms. The number of carboxylic acids is 1. The first-order valence-corrected chi connectivity index (χ1v) is 7.08. The number of carbonyl (C=O) groups is 2. The summed E-state index contributed by atoms with van der Waals surface area (Å²) < 4.78 is 0. The number of β-amino-alcohol motifs (C(OH)–C–C–N with tert-alkyl or cyclic N) is 1. The summed E-state index contributed by atoms with van der Waals surface area (Å²) in [6.45, 7) is 1.30. The van der Waals surface area contributed by atoms with Crippen molar-refractivity contribution in [3.05, 3.63) is 35.4 Å². The SMILES string of the molecule is O=C(O)[C@@H]1C[C@@H](O)CN1C(=O)C1CNCc2ccccc21. The number of benzene rings is 1. The lowest BCUT2D eigenvalue weighted by molar-refractivity contribution is -0.148. The van der Waals surface area contributed by atoms with Gasteiger partial charge in [-0.3, -0.25) is 4.79 Å². The van der Waals surface area contributed by atoms with Crippen LogP contribution in [0.3, 0.4) is 0 Å². The summed E-state index contributed by atoms with van der Waals surface area (Å²) >= 11 is 0. The third-order valence-corrected chi connectivity index (χ3v) is 4.24. The molecule has 6 heteroatoms. The third kappa shape index (κ3) is 2.52. The number of hydrogen-bond donors (Lipinski definition) is 3. The maximum absolute atomic E-state index is 12.7. The molecule has 6 nitrogen and oxygen atoms in total. The molecule has 1 aromatic rings. The molecule has 0 aromatic heterocycles. The van der Waals surface area contributed by atoms with Crippen LogP contribution in [0.2, 0.25) is 0 Å². The topological polar surface area (TPSA) is 89.9 Å². The highest BCUT2D eigenvalue weighted by molar-refractivity contribution is 5.89. The molecule has 1 amide bonds. The van der Waals surface area contributed by atoms with Gasteiger partial charge in [0.1, 0.15) is 6.04 Å². The summed E-state index contributed by atoms with van der Waals surface area (Å²) in [6, 6.07) is 6.77. The molecule has 0 aliphatic carbocycles. The number of aliphatic hydroxyl groups excluding tert-OH is 1. The van der Waals surface area contributed by atoms with Crippen molar-refractivity contribution < 1.29 is 19.8 Å². The number of hydrogen-bond acceptors (Lipinski definition) is 4. The second-order valence-corrected chi connectivity index (χ2v) is 5.62. The Labute approximate surface area is 122 Å². The summed E-state index contributed by atoms with van der Waals surface area (Å²) in [5, 5.41) is 22.1. The molecule has 0 radical (unpaired) electrons.